The zero-order valence-corrected chi connectivity index (χ0v) is 8.45. The molecule has 1 heterocycles. The van der Waals surface area contributed by atoms with Gasteiger partial charge in [-0.25, -0.2) is 0 Å². The first-order valence-corrected chi connectivity index (χ1v) is 5.44. The maximum absolute atomic E-state index is 2.56. The minimum Gasteiger partial charge on any atom is -0.298 e. The van der Waals surface area contributed by atoms with Crippen LogP contribution in [0.25, 0.3) is 0 Å². The maximum atomic E-state index is 2.56. The number of benzene rings is 1. The van der Waals surface area contributed by atoms with E-state index in [9.17, 15) is 0 Å². The molecule has 1 nitrogen and oxygen atoms in total. The molecule has 1 aromatic rings. The average Bonchev–Trinajstić information content (AvgIpc) is 2.09. The molecule has 3 rings (SSSR count). The molecular formula is C13H16N. The fourth-order valence-corrected chi connectivity index (χ4v) is 2.67. The predicted octanol–water partition coefficient (Wildman–Crippen LogP) is 2.49. The number of likely N-dealkylation sites (tertiary alicyclic amines) is 1. The molecule has 14 heavy (non-hydrogen) atoms. The van der Waals surface area contributed by atoms with Gasteiger partial charge in [-0.2, -0.15) is 0 Å². The van der Waals surface area contributed by atoms with E-state index in [1.54, 1.807) is 0 Å². The maximum Gasteiger partial charge on any atom is 0.0234 e. The second-order valence-electron chi connectivity index (χ2n) is 4.83. The first-order valence-electron chi connectivity index (χ1n) is 5.44. The highest BCUT2D eigenvalue weighted by Gasteiger charge is 2.46. The lowest BCUT2D eigenvalue weighted by Crippen LogP contribution is -2.59. The molecule has 1 aliphatic carbocycles. The van der Waals surface area contributed by atoms with Crippen LogP contribution < -0.4 is 0 Å². The predicted molar refractivity (Wildman–Crippen MR) is 57.7 cm³/mol. The van der Waals surface area contributed by atoms with Crippen LogP contribution in [-0.2, 0) is 6.54 Å². The van der Waals surface area contributed by atoms with Crippen LogP contribution in [0.2, 0.25) is 0 Å². The molecule has 73 valence electrons. The van der Waals surface area contributed by atoms with E-state index in [0.717, 1.165) is 12.0 Å². The average molecular weight is 186 g/mol. The molecule has 1 aliphatic heterocycles. The van der Waals surface area contributed by atoms with E-state index in [2.05, 4.69) is 41.7 Å². The van der Waals surface area contributed by atoms with E-state index in [1.165, 1.54) is 31.5 Å². The Bertz CT molecular complexity index is 305. The van der Waals surface area contributed by atoms with Gasteiger partial charge in [-0.05, 0) is 30.2 Å². The van der Waals surface area contributed by atoms with Gasteiger partial charge in [0.05, 0.1) is 0 Å². The lowest BCUT2D eigenvalue weighted by atomic mass is 9.63. The van der Waals surface area contributed by atoms with Crippen LogP contribution in [0.5, 0.6) is 0 Å². The largest absolute Gasteiger partial charge is 0.298 e. The second kappa shape index (κ2) is 3.09. The van der Waals surface area contributed by atoms with Crippen LogP contribution in [0.1, 0.15) is 18.4 Å². The third kappa shape index (κ3) is 1.36. The molecule has 1 saturated heterocycles. The summed E-state index contributed by atoms with van der Waals surface area (Å²) >= 11 is 0. The molecule has 0 unspecified atom stereocenters. The third-order valence-electron chi connectivity index (χ3n) is 3.52. The van der Waals surface area contributed by atoms with Gasteiger partial charge in [-0.3, -0.25) is 4.90 Å². The van der Waals surface area contributed by atoms with Crippen molar-refractivity contribution in [3.05, 3.63) is 42.3 Å². The summed E-state index contributed by atoms with van der Waals surface area (Å²) in [5.74, 6) is 0. The van der Waals surface area contributed by atoms with Gasteiger partial charge in [0.25, 0.3) is 0 Å². The third-order valence-corrected chi connectivity index (χ3v) is 3.52. The van der Waals surface area contributed by atoms with Gasteiger partial charge < -0.3 is 0 Å². The Hall–Kier alpha value is -0.820. The van der Waals surface area contributed by atoms with Crippen molar-refractivity contribution in [2.45, 2.75) is 19.4 Å². The summed E-state index contributed by atoms with van der Waals surface area (Å²) in [7, 11) is 0. The SMILES string of the molecule is [CH]1CC2(C1)CN(Cc1ccccc1)C2. The minimum absolute atomic E-state index is 0.717. The zero-order valence-electron chi connectivity index (χ0n) is 8.45. The van der Waals surface area contributed by atoms with Crippen LogP contribution in [0.4, 0.5) is 0 Å². The van der Waals surface area contributed by atoms with Crippen molar-refractivity contribution < 1.29 is 0 Å². The molecule has 2 fully saturated rings. The van der Waals surface area contributed by atoms with Gasteiger partial charge in [-0.1, -0.05) is 30.3 Å². The van der Waals surface area contributed by atoms with Crippen LogP contribution in [-0.4, -0.2) is 18.0 Å². The minimum atomic E-state index is 0.717. The van der Waals surface area contributed by atoms with Crippen LogP contribution >= 0.6 is 0 Å². The van der Waals surface area contributed by atoms with E-state index in [0.29, 0.717) is 0 Å². The van der Waals surface area contributed by atoms with Gasteiger partial charge in [-0.15, -0.1) is 0 Å². The normalized spacial score (nSPS) is 24.3. The molecule has 1 radical (unpaired) electrons. The molecule has 2 aliphatic rings. The Morgan fingerprint density at radius 1 is 1.07 bits per heavy atom. The van der Waals surface area contributed by atoms with Crippen LogP contribution in [0.15, 0.2) is 30.3 Å². The highest BCUT2D eigenvalue weighted by molar-refractivity contribution is 5.16. The standard InChI is InChI=1S/C13H16N/c1-2-5-12(6-3-1)9-14-10-13(11-14)7-4-8-13/h1-6H,7-11H2. The summed E-state index contributed by atoms with van der Waals surface area (Å²) in [4.78, 5) is 2.56. The lowest BCUT2D eigenvalue weighted by Gasteiger charge is -2.56. The van der Waals surface area contributed by atoms with Gasteiger partial charge in [0.2, 0.25) is 0 Å². The first kappa shape index (κ1) is 8.49. The Morgan fingerprint density at radius 2 is 1.79 bits per heavy atom. The summed E-state index contributed by atoms with van der Waals surface area (Å²) in [5.41, 5.74) is 2.17. The van der Waals surface area contributed by atoms with Crippen molar-refractivity contribution in [2.75, 3.05) is 13.1 Å². The van der Waals surface area contributed by atoms with Crippen LogP contribution in [0, 0.1) is 11.8 Å². The van der Waals surface area contributed by atoms with Gasteiger partial charge in [0.1, 0.15) is 0 Å². The number of hydrogen-bond acceptors (Lipinski definition) is 1. The zero-order chi connectivity index (χ0) is 9.43. The summed E-state index contributed by atoms with van der Waals surface area (Å²) in [6, 6.07) is 10.8. The highest BCUT2D eigenvalue weighted by atomic mass is 15.2. The summed E-state index contributed by atoms with van der Waals surface area (Å²) in [6.07, 6.45) is 5.14. The van der Waals surface area contributed by atoms with E-state index in [1.807, 2.05) is 0 Å². The summed E-state index contributed by atoms with van der Waals surface area (Å²) in [6.45, 7) is 3.78. The van der Waals surface area contributed by atoms with Gasteiger partial charge in [0, 0.05) is 19.6 Å². The molecule has 1 spiro atoms. The van der Waals surface area contributed by atoms with E-state index >= 15 is 0 Å². The molecule has 0 atom stereocenters. The Kier molecular flexibility index (Phi) is 1.88. The van der Waals surface area contributed by atoms with E-state index in [4.69, 9.17) is 0 Å². The number of rotatable bonds is 2. The van der Waals surface area contributed by atoms with Crippen molar-refractivity contribution in [1.82, 2.24) is 4.90 Å². The Morgan fingerprint density at radius 3 is 2.36 bits per heavy atom. The molecular weight excluding hydrogens is 170 g/mol. The van der Waals surface area contributed by atoms with Crippen molar-refractivity contribution >= 4 is 0 Å². The molecule has 0 aromatic heterocycles. The van der Waals surface area contributed by atoms with Crippen LogP contribution in [0.3, 0.4) is 0 Å². The summed E-state index contributed by atoms with van der Waals surface area (Å²) < 4.78 is 0. The van der Waals surface area contributed by atoms with Gasteiger partial charge in [0.15, 0.2) is 0 Å². The van der Waals surface area contributed by atoms with Crippen molar-refractivity contribution in [3.8, 4) is 0 Å². The number of hydrogen-bond donors (Lipinski definition) is 0. The smallest absolute Gasteiger partial charge is 0.0234 e. The number of nitrogens with zero attached hydrogens (tertiary/aromatic N) is 1. The monoisotopic (exact) mass is 186 g/mol. The first-order chi connectivity index (χ1) is 6.86. The fourth-order valence-electron chi connectivity index (χ4n) is 2.67. The Labute approximate surface area is 85.7 Å². The molecule has 0 N–H and O–H groups in total. The van der Waals surface area contributed by atoms with Crippen molar-refractivity contribution in [2.24, 2.45) is 5.41 Å². The van der Waals surface area contributed by atoms with Crippen molar-refractivity contribution in [3.63, 3.8) is 0 Å². The molecule has 0 amide bonds. The van der Waals surface area contributed by atoms with E-state index in [-0.39, 0.29) is 0 Å². The fraction of sp³-hybridized carbons (Fsp3) is 0.462. The molecule has 1 saturated carbocycles. The second-order valence-corrected chi connectivity index (χ2v) is 4.83. The quantitative estimate of drug-likeness (QED) is 0.686. The molecule has 1 heteroatoms. The van der Waals surface area contributed by atoms with Crippen molar-refractivity contribution in [1.29, 1.82) is 0 Å². The molecule has 0 bridgehead atoms. The van der Waals surface area contributed by atoms with Gasteiger partial charge >= 0.3 is 0 Å². The summed E-state index contributed by atoms with van der Waals surface area (Å²) in [5, 5.41) is 0. The highest BCUT2D eigenvalue weighted by Crippen LogP contribution is 2.47. The van der Waals surface area contributed by atoms with E-state index < -0.39 is 0 Å². The lowest BCUT2D eigenvalue weighted by molar-refractivity contribution is -0.0383. The molecule has 1 aromatic carbocycles. The topological polar surface area (TPSA) is 3.24 Å². The Balaban J connectivity index is 1.56.